The fourth-order valence-electron chi connectivity index (χ4n) is 0.680. The molecule has 0 heterocycles. The molecule has 2 aliphatic rings. The average Bonchev–Trinajstić information content (AvgIpc) is 2.87. The summed E-state index contributed by atoms with van der Waals surface area (Å²) in [5.41, 5.74) is 0. The van der Waals surface area contributed by atoms with E-state index in [1.807, 2.05) is 31.2 Å². The van der Waals surface area contributed by atoms with Crippen LogP contribution in [0.1, 0.15) is 12.8 Å². The van der Waals surface area contributed by atoms with E-state index in [-0.39, 0.29) is 48.8 Å². The molecule has 0 amide bonds. The fourth-order valence-corrected chi connectivity index (χ4v) is 0.680. The monoisotopic (exact) mass is 440 g/mol. The Morgan fingerprint density at radius 2 is 1.12 bits per heavy atom. The van der Waals surface area contributed by atoms with Gasteiger partial charge in [-0.3, -0.25) is 12.2 Å². The van der Waals surface area contributed by atoms with Crippen LogP contribution in [0, 0.1) is 27.0 Å². The quantitative estimate of drug-likeness (QED) is 0.395. The minimum atomic E-state index is 0. The van der Waals surface area contributed by atoms with Crippen LogP contribution in [-0.2, 0) is 23.3 Å². The Morgan fingerprint density at radius 3 is 1.19 bits per heavy atom. The molecule has 94 valence electrons. The summed E-state index contributed by atoms with van der Waals surface area (Å²) in [7, 11) is 0. The summed E-state index contributed by atoms with van der Waals surface area (Å²) in [6.07, 6.45) is 20.0. The topological polar surface area (TPSA) is 0 Å². The summed E-state index contributed by atoms with van der Waals surface area (Å²) < 4.78 is 0. The van der Waals surface area contributed by atoms with Gasteiger partial charge < -0.3 is 14.9 Å². The molecule has 0 saturated heterocycles. The van der Waals surface area contributed by atoms with Crippen molar-refractivity contribution in [1.82, 2.24) is 0 Å². The van der Waals surface area contributed by atoms with Gasteiger partial charge in [0.15, 0.2) is 0 Å². The maximum atomic E-state index is 2.99. The zero-order valence-corrected chi connectivity index (χ0v) is 17.2. The summed E-state index contributed by atoms with van der Waals surface area (Å²) in [6.45, 7) is 1.95. The molecule has 0 unspecified atom stereocenters. The molecule has 0 aliphatic heterocycles. The van der Waals surface area contributed by atoms with E-state index < -0.39 is 0 Å². The number of hydrogen-bond acceptors (Lipinski definition) is 0. The summed E-state index contributed by atoms with van der Waals surface area (Å²) in [4.78, 5) is 0. The van der Waals surface area contributed by atoms with Crippen molar-refractivity contribution in [1.29, 1.82) is 0 Å². The Kier molecular flexibility index (Phi) is 56.2. The van der Waals surface area contributed by atoms with Crippen molar-refractivity contribution in [2.24, 2.45) is 0 Å². The zero-order valence-electron chi connectivity index (χ0n) is 9.90. The molecule has 4 heteroatoms. The van der Waals surface area contributed by atoms with Gasteiger partial charge in [-0.1, -0.05) is 0 Å². The van der Waals surface area contributed by atoms with Crippen LogP contribution in [0.15, 0.2) is 36.5 Å². The Bertz CT molecular complexity index is 169. The third-order valence-electron chi connectivity index (χ3n) is 1.17. The van der Waals surface area contributed by atoms with E-state index in [0.29, 0.717) is 0 Å². The second-order valence-corrected chi connectivity index (χ2v) is 2.01. The van der Waals surface area contributed by atoms with Gasteiger partial charge in [-0.05, 0) is 0 Å². The second kappa shape index (κ2) is 29.8. The maximum absolute atomic E-state index is 2.99. The molecule has 0 bridgehead atoms. The number of rotatable bonds is 0. The van der Waals surface area contributed by atoms with Crippen LogP contribution >= 0.6 is 34.0 Å². The molecule has 0 aromatic carbocycles. The molecule has 0 aromatic heterocycles. The predicted octanol–water partition coefficient (Wildman–Crippen LogP) is 3.75. The van der Waals surface area contributed by atoms with Crippen LogP contribution in [0.4, 0.5) is 0 Å². The van der Waals surface area contributed by atoms with Crippen LogP contribution in [-0.4, -0.2) is 6.88 Å². The van der Waals surface area contributed by atoms with Crippen LogP contribution in [0.2, 0.25) is 0 Å². The average molecular weight is 443 g/mol. The van der Waals surface area contributed by atoms with Crippen molar-refractivity contribution in [3.8, 4) is 0 Å². The first kappa shape index (κ1) is 30.2. The first-order valence-corrected chi connectivity index (χ1v) is 9.71. The summed E-state index contributed by atoms with van der Waals surface area (Å²) >= 11 is 1.58. The van der Waals surface area contributed by atoms with E-state index in [1.54, 1.807) is 23.3 Å². The number of hydrogen-bond donors (Lipinski definition) is 0. The van der Waals surface area contributed by atoms with Crippen LogP contribution < -0.4 is 0 Å². The molecular formula is C12H20Br2SiZr-4. The first-order chi connectivity index (χ1) is 6.00. The van der Waals surface area contributed by atoms with E-state index in [4.69, 9.17) is 0 Å². The Balaban J connectivity index is -0.0000000360. The molecule has 0 saturated carbocycles. The van der Waals surface area contributed by atoms with Gasteiger partial charge in [0.2, 0.25) is 0 Å². The Morgan fingerprint density at radius 1 is 0.812 bits per heavy atom. The van der Waals surface area contributed by atoms with Gasteiger partial charge in [-0.25, -0.2) is 24.3 Å². The standard InChI is InChI=1S/2C5H5.2CH3.2BrH.H2Si.Zr/c2*1-2-4-5-3-1;;;;;;/h2*1-3H,4H2;2*1H3;2*1H;1H2;/q4*-1;;;;. The van der Waals surface area contributed by atoms with Gasteiger partial charge in [-0.15, -0.1) is 46.8 Å². The van der Waals surface area contributed by atoms with Gasteiger partial charge in [0, 0.05) is 0 Å². The van der Waals surface area contributed by atoms with Gasteiger partial charge >= 0.3 is 30.2 Å². The SMILES string of the molecule is Br.Br.[C-]1=CC=CC1.[C-]1=CC=CC1.[CH3-].[CH3-].[SiH2]=[Zr]. The van der Waals surface area contributed by atoms with E-state index in [1.165, 1.54) is 0 Å². The zero-order chi connectivity index (χ0) is 9.07. The van der Waals surface area contributed by atoms with Crippen molar-refractivity contribution in [3.05, 3.63) is 63.5 Å². The molecule has 0 spiro atoms. The molecule has 16 heavy (non-hydrogen) atoms. The van der Waals surface area contributed by atoms with Gasteiger partial charge in [-0.2, -0.15) is 12.2 Å². The summed E-state index contributed by atoms with van der Waals surface area (Å²) in [5.74, 6) is 0. The van der Waals surface area contributed by atoms with Crippen molar-refractivity contribution in [2.45, 2.75) is 12.8 Å². The Labute approximate surface area is 139 Å². The minimum absolute atomic E-state index is 0. The van der Waals surface area contributed by atoms with Crippen LogP contribution in [0.25, 0.3) is 0 Å². The normalized spacial score (nSPS) is 11.2. The molecule has 0 radical (unpaired) electrons. The molecule has 2 aliphatic carbocycles. The number of allylic oxidation sites excluding steroid dienone is 8. The van der Waals surface area contributed by atoms with Gasteiger partial charge in [0.1, 0.15) is 0 Å². The molecule has 0 nitrogen and oxygen atoms in total. The van der Waals surface area contributed by atoms with E-state index in [2.05, 4.69) is 24.3 Å². The van der Waals surface area contributed by atoms with Crippen molar-refractivity contribution < 1.29 is 23.3 Å². The van der Waals surface area contributed by atoms with Crippen molar-refractivity contribution >= 4 is 40.8 Å². The molecular weight excluding hydrogens is 423 g/mol. The molecule has 0 fully saturated rings. The molecule has 0 atom stereocenters. The Hall–Kier alpha value is 1.02. The van der Waals surface area contributed by atoms with Crippen molar-refractivity contribution in [2.75, 3.05) is 0 Å². The molecule has 0 N–H and O–H groups in total. The first-order valence-electron chi connectivity index (χ1n) is 3.79. The van der Waals surface area contributed by atoms with Gasteiger partial charge in [0.05, 0.1) is 0 Å². The third-order valence-corrected chi connectivity index (χ3v) is 1.17. The summed E-state index contributed by atoms with van der Waals surface area (Å²) in [5, 5.41) is 0. The summed E-state index contributed by atoms with van der Waals surface area (Å²) in [6, 6.07) is 0. The van der Waals surface area contributed by atoms with Crippen LogP contribution in [0.5, 0.6) is 0 Å². The van der Waals surface area contributed by atoms with E-state index in [0.717, 1.165) is 12.8 Å². The molecule has 2 rings (SSSR count). The van der Waals surface area contributed by atoms with Crippen LogP contribution in [0.3, 0.4) is 0 Å². The third kappa shape index (κ3) is 24.3. The number of halogens is 2. The van der Waals surface area contributed by atoms with Crippen molar-refractivity contribution in [3.63, 3.8) is 0 Å². The molecule has 0 aromatic rings. The predicted molar refractivity (Wildman–Crippen MR) is 85.2 cm³/mol. The fraction of sp³-hybridized carbons (Fsp3) is 0.167. The van der Waals surface area contributed by atoms with E-state index >= 15 is 0 Å². The second-order valence-electron chi connectivity index (χ2n) is 2.01. The van der Waals surface area contributed by atoms with Gasteiger partial charge in [0.25, 0.3) is 0 Å². The van der Waals surface area contributed by atoms with E-state index in [9.17, 15) is 0 Å².